The molecule has 1 aliphatic rings. The highest BCUT2D eigenvalue weighted by atomic mass is 16.5. The number of carbonyl (C=O) groups is 1. The van der Waals surface area contributed by atoms with Gasteiger partial charge < -0.3 is 19.4 Å². The fourth-order valence-corrected chi connectivity index (χ4v) is 4.13. The maximum Gasteiger partial charge on any atom is 0.287 e. The first-order valence-electron chi connectivity index (χ1n) is 11.3. The zero-order chi connectivity index (χ0) is 22.6. The molecule has 1 saturated heterocycles. The van der Waals surface area contributed by atoms with E-state index in [1.54, 1.807) is 12.1 Å². The van der Waals surface area contributed by atoms with Gasteiger partial charge in [-0.1, -0.05) is 56.3 Å². The molecular formula is C27H32N2O3. The molecule has 0 saturated carbocycles. The Hall–Kier alpha value is -3.05. The number of hydrogen-bond donors (Lipinski definition) is 1. The number of benzene rings is 2. The quantitative estimate of drug-likeness (QED) is 0.570. The van der Waals surface area contributed by atoms with E-state index < -0.39 is 0 Å². The van der Waals surface area contributed by atoms with Gasteiger partial charge in [0.25, 0.3) is 5.91 Å². The van der Waals surface area contributed by atoms with Gasteiger partial charge in [-0.2, -0.15) is 0 Å². The van der Waals surface area contributed by atoms with Crippen LogP contribution in [0.2, 0.25) is 0 Å². The summed E-state index contributed by atoms with van der Waals surface area (Å²) in [5.74, 6) is 1.58. The van der Waals surface area contributed by atoms with Crippen LogP contribution in [-0.2, 0) is 12.0 Å². The van der Waals surface area contributed by atoms with Gasteiger partial charge in [0.1, 0.15) is 18.1 Å². The van der Waals surface area contributed by atoms with E-state index >= 15 is 0 Å². The summed E-state index contributed by atoms with van der Waals surface area (Å²) in [7, 11) is 2.11. The molecule has 0 spiro atoms. The van der Waals surface area contributed by atoms with Crippen LogP contribution in [0, 0.1) is 0 Å². The summed E-state index contributed by atoms with van der Waals surface area (Å²) in [5, 5.41) is 3.08. The monoisotopic (exact) mass is 432 g/mol. The molecule has 32 heavy (non-hydrogen) atoms. The van der Waals surface area contributed by atoms with Gasteiger partial charge in [-0.25, -0.2) is 0 Å². The molecule has 2 heterocycles. The lowest BCUT2D eigenvalue weighted by atomic mass is 9.78. The minimum Gasteiger partial charge on any atom is -0.486 e. The molecule has 1 amide bonds. The molecule has 3 aromatic rings. The average Bonchev–Trinajstić information content (AvgIpc) is 3.29. The van der Waals surface area contributed by atoms with Crippen LogP contribution >= 0.6 is 0 Å². The molecule has 168 valence electrons. The van der Waals surface area contributed by atoms with E-state index in [1.807, 2.05) is 18.2 Å². The smallest absolute Gasteiger partial charge is 0.287 e. The third kappa shape index (κ3) is 5.22. The van der Waals surface area contributed by atoms with Crippen molar-refractivity contribution < 1.29 is 13.9 Å². The van der Waals surface area contributed by atoms with Crippen molar-refractivity contribution in [3.63, 3.8) is 0 Å². The van der Waals surface area contributed by atoms with Gasteiger partial charge in [-0.05, 0) is 68.4 Å². The number of amides is 1. The van der Waals surface area contributed by atoms with E-state index in [1.165, 1.54) is 11.1 Å². The maximum absolute atomic E-state index is 12.5. The molecule has 5 heteroatoms. The predicted molar refractivity (Wildman–Crippen MR) is 126 cm³/mol. The molecule has 5 nitrogen and oxygen atoms in total. The Balaban J connectivity index is 1.31. The van der Waals surface area contributed by atoms with Crippen LogP contribution in [0.1, 0.15) is 54.1 Å². The number of nitrogens with zero attached hydrogens (tertiary/aromatic N) is 1. The van der Waals surface area contributed by atoms with Crippen LogP contribution in [0.4, 0.5) is 0 Å². The zero-order valence-corrected chi connectivity index (χ0v) is 19.1. The lowest BCUT2D eigenvalue weighted by molar-refractivity contribution is 0.0884. The second kappa shape index (κ2) is 9.61. The number of carbonyl (C=O) groups excluding carboxylic acids is 1. The SMILES string of the molecule is CN1CCC(NC(=O)c2ccc(COc3ccc(C(C)(C)c4ccccc4)cc3)o2)CC1. The van der Waals surface area contributed by atoms with Crippen LogP contribution < -0.4 is 10.1 Å². The summed E-state index contributed by atoms with van der Waals surface area (Å²) >= 11 is 0. The van der Waals surface area contributed by atoms with Crippen LogP contribution in [0.3, 0.4) is 0 Å². The van der Waals surface area contributed by atoms with E-state index in [4.69, 9.17) is 9.15 Å². The molecule has 1 fully saturated rings. The minimum atomic E-state index is -0.154. The number of rotatable bonds is 7. The molecule has 1 aliphatic heterocycles. The minimum absolute atomic E-state index is 0.0865. The highest BCUT2D eigenvalue weighted by Gasteiger charge is 2.23. The normalized spacial score (nSPS) is 15.5. The number of hydrogen-bond acceptors (Lipinski definition) is 4. The lowest BCUT2D eigenvalue weighted by Gasteiger charge is -2.29. The summed E-state index contributed by atoms with van der Waals surface area (Å²) in [6.45, 7) is 6.73. The summed E-state index contributed by atoms with van der Waals surface area (Å²) in [4.78, 5) is 14.7. The summed E-state index contributed by atoms with van der Waals surface area (Å²) in [6, 6.07) is 22.4. The number of ether oxygens (including phenoxy) is 1. The molecule has 0 aliphatic carbocycles. The first kappa shape index (κ1) is 22.2. The van der Waals surface area contributed by atoms with E-state index in [0.717, 1.165) is 31.7 Å². The third-order valence-electron chi connectivity index (χ3n) is 6.39. The standard InChI is InChI=1S/C27H32N2O3/c1-27(2,20-7-5-4-6-8-20)21-9-11-23(12-10-21)31-19-24-13-14-25(32-24)26(30)28-22-15-17-29(3)18-16-22/h4-14,22H,15-19H2,1-3H3,(H,28,30). The Bertz CT molecular complexity index is 1020. The number of furan rings is 1. The number of likely N-dealkylation sites (tertiary alicyclic amines) is 1. The molecule has 0 radical (unpaired) electrons. The van der Waals surface area contributed by atoms with Crippen molar-refractivity contribution in [3.05, 3.63) is 89.4 Å². The maximum atomic E-state index is 12.5. The van der Waals surface area contributed by atoms with E-state index in [2.05, 4.69) is 67.5 Å². The van der Waals surface area contributed by atoms with Gasteiger partial charge in [0.15, 0.2) is 5.76 Å². The Morgan fingerprint density at radius 2 is 1.66 bits per heavy atom. The molecular weight excluding hydrogens is 400 g/mol. The van der Waals surface area contributed by atoms with Crippen molar-refractivity contribution in [2.75, 3.05) is 20.1 Å². The van der Waals surface area contributed by atoms with Crippen LogP contribution in [0.15, 0.2) is 71.1 Å². The second-order valence-corrected chi connectivity index (χ2v) is 9.12. The summed E-state index contributed by atoms with van der Waals surface area (Å²) in [5.41, 5.74) is 2.41. The Morgan fingerprint density at radius 1 is 1.00 bits per heavy atom. The summed E-state index contributed by atoms with van der Waals surface area (Å²) in [6.07, 6.45) is 1.94. The van der Waals surface area contributed by atoms with E-state index in [9.17, 15) is 4.79 Å². The highest BCUT2D eigenvalue weighted by Crippen LogP contribution is 2.32. The fraction of sp³-hybridized carbons (Fsp3) is 0.370. The number of piperidine rings is 1. The molecule has 1 aromatic heterocycles. The Morgan fingerprint density at radius 3 is 2.34 bits per heavy atom. The topological polar surface area (TPSA) is 54.7 Å². The predicted octanol–water partition coefficient (Wildman–Crippen LogP) is 5.01. The molecule has 0 bridgehead atoms. The van der Waals surface area contributed by atoms with Crippen molar-refractivity contribution in [1.29, 1.82) is 0 Å². The van der Waals surface area contributed by atoms with Crippen LogP contribution in [-0.4, -0.2) is 37.0 Å². The Kier molecular flexibility index (Phi) is 6.66. The van der Waals surface area contributed by atoms with Crippen molar-refractivity contribution in [1.82, 2.24) is 10.2 Å². The summed E-state index contributed by atoms with van der Waals surface area (Å²) < 4.78 is 11.6. The molecule has 1 N–H and O–H groups in total. The third-order valence-corrected chi connectivity index (χ3v) is 6.39. The van der Waals surface area contributed by atoms with Gasteiger partial charge in [0, 0.05) is 11.5 Å². The van der Waals surface area contributed by atoms with Gasteiger partial charge >= 0.3 is 0 Å². The first-order chi connectivity index (χ1) is 15.4. The zero-order valence-electron chi connectivity index (χ0n) is 19.1. The van der Waals surface area contributed by atoms with E-state index in [-0.39, 0.29) is 24.0 Å². The first-order valence-corrected chi connectivity index (χ1v) is 11.3. The highest BCUT2D eigenvalue weighted by molar-refractivity contribution is 5.91. The van der Waals surface area contributed by atoms with Crippen molar-refractivity contribution in [3.8, 4) is 5.75 Å². The van der Waals surface area contributed by atoms with Gasteiger partial charge in [-0.3, -0.25) is 4.79 Å². The molecule has 4 rings (SSSR count). The number of nitrogens with one attached hydrogen (secondary N) is 1. The van der Waals surface area contributed by atoms with Crippen molar-refractivity contribution in [2.24, 2.45) is 0 Å². The molecule has 0 unspecified atom stereocenters. The van der Waals surface area contributed by atoms with Gasteiger partial charge in [0.2, 0.25) is 0 Å². The largest absolute Gasteiger partial charge is 0.486 e. The second-order valence-electron chi connectivity index (χ2n) is 9.12. The van der Waals surface area contributed by atoms with Crippen molar-refractivity contribution >= 4 is 5.91 Å². The van der Waals surface area contributed by atoms with Crippen LogP contribution in [0.5, 0.6) is 5.75 Å². The van der Waals surface area contributed by atoms with Gasteiger partial charge in [0.05, 0.1) is 0 Å². The van der Waals surface area contributed by atoms with E-state index in [0.29, 0.717) is 11.5 Å². The van der Waals surface area contributed by atoms with Gasteiger partial charge in [-0.15, -0.1) is 0 Å². The van der Waals surface area contributed by atoms with Crippen molar-refractivity contribution in [2.45, 2.75) is 44.8 Å². The molecule has 0 atom stereocenters. The van der Waals surface area contributed by atoms with Crippen LogP contribution in [0.25, 0.3) is 0 Å². The average molecular weight is 433 g/mol. The Labute approximate surface area is 190 Å². The lowest BCUT2D eigenvalue weighted by Crippen LogP contribution is -2.43. The molecule has 2 aromatic carbocycles. The fourth-order valence-electron chi connectivity index (χ4n) is 4.13.